The fourth-order valence-electron chi connectivity index (χ4n) is 4.31. The second kappa shape index (κ2) is 10.2. The lowest BCUT2D eigenvalue weighted by atomic mass is 10.0. The molecule has 1 N–H and O–H groups in total. The maximum Gasteiger partial charge on any atom is 0.302 e. The van der Waals surface area contributed by atoms with Crippen LogP contribution < -0.4 is 14.8 Å². The molecule has 0 spiro atoms. The number of carbonyl (C=O) groups is 3. The van der Waals surface area contributed by atoms with E-state index in [1.165, 1.54) is 6.92 Å². The van der Waals surface area contributed by atoms with E-state index in [-0.39, 0.29) is 36.4 Å². The van der Waals surface area contributed by atoms with E-state index in [1.54, 1.807) is 18.1 Å². The molecule has 0 bridgehead atoms. The number of esters is 1. The van der Waals surface area contributed by atoms with Crippen molar-refractivity contribution in [2.45, 2.75) is 45.7 Å². The molecule has 1 aliphatic heterocycles. The highest BCUT2D eigenvalue weighted by Crippen LogP contribution is 2.40. The maximum absolute atomic E-state index is 13.6. The highest BCUT2D eigenvalue weighted by molar-refractivity contribution is 6.07. The Morgan fingerprint density at radius 1 is 1.18 bits per heavy atom. The highest BCUT2D eigenvalue weighted by Gasteiger charge is 2.37. The van der Waals surface area contributed by atoms with Gasteiger partial charge < -0.3 is 24.4 Å². The number of anilines is 1. The minimum atomic E-state index is -0.371. The Labute approximate surface area is 199 Å². The third-order valence-electron chi connectivity index (χ3n) is 6.12. The minimum Gasteiger partial charge on any atom is -0.493 e. The number of ether oxygens (including phenoxy) is 3. The maximum atomic E-state index is 13.6. The normalized spacial score (nSPS) is 15.5. The van der Waals surface area contributed by atoms with E-state index in [1.807, 2.05) is 37.3 Å². The van der Waals surface area contributed by atoms with Gasteiger partial charge in [-0.2, -0.15) is 0 Å². The average molecular weight is 467 g/mol. The number of hydrogen-bond acceptors (Lipinski definition) is 6. The molecule has 2 aromatic carbocycles. The van der Waals surface area contributed by atoms with Gasteiger partial charge in [0.15, 0.2) is 11.5 Å². The summed E-state index contributed by atoms with van der Waals surface area (Å²) in [4.78, 5) is 39.2. The predicted molar refractivity (Wildman–Crippen MR) is 126 cm³/mol. The van der Waals surface area contributed by atoms with E-state index in [0.29, 0.717) is 42.3 Å². The van der Waals surface area contributed by atoms with Gasteiger partial charge in [-0.25, -0.2) is 0 Å². The number of amides is 2. The zero-order chi connectivity index (χ0) is 24.2. The summed E-state index contributed by atoms with van der Waals surface area (Å²) in [5.74, 6) is 0.652. The van der Waals surface area contributed by atoms with Gasteiger partial charge in [-0.15, -0.1) is 0 Å². The van der Waals surface area contributed by atoms with Crippen molar-refractivity contribution in [1.82, 2.24) is 4.90 Å². The Morgan fingerprint density at radius 2 is 1.97 bits per heavy atom. The quantitative estimate of drug-likeness (QED) is 0.530. The van der Waals surface area contributed by atoms with Gasteiger partial charge in [-0.3, -0.25) is 14.4 Å². The summed E-state index contributed by atoms with van der Waals surface area (Å²) < 4.78 is 16.4. The topological polar surface area (TPSA) is 94.2 Å². The van der Waals surface area contributed by atoms with Crippen LogP contribution in [0.25, 0.3) is 0 Å². The first-order chi connectivity index (χ1) is 16.4. The van der Waals surface area contributed by atoms with Crippen LogP contribution in [0.15, 0.2) is 36.4 Å². The van der Waals surface area contributed by atoms with E-state index in [2.05, 4.69) is 5.32 Å². The molecule has 34 heavy (non-hydrogen) atoms. The van der Waals surface area contributed by atoms with Crippen LogP contribution in [-0.2, 0) is 20.9 Å². The summed E-state index contributed by atoms with van der Waals surface area (Å²) in [6.45, 7) is 4.28. The molecule has 2 aromatic rings. The van der Waals surface area contributed by atoms with Crippen molar-refractivity contribution in [2.24, 2.45) is 5.92 Å². The number of methoxy groups -OCH3 is 1. The zero-order valence-electron chi connectivity index (χ0n) is 19.8. The van der Waals surface area contributed by atoms with E-state index in [0.717, 1.165) is 24.0 Å². The number of nitrogens with zero attached hydrogens (tertiary/aromatic N) is 1. The van der Waals surface area contributed by atoms with Crippen molar-refractivity contribution in [2.75, 3.05) is 25.6 Å². The number of benzene rings is 2. The Hall–Kier alpha value is -3.55. The smallest absolute Gasteiger partial charge is 0.302 e. The summed E-state index contributed by atoms with van der Waals surface area (Å²) >= 11 is 0. The molecule has 2 amide bonds. The van der Waals surface area contributed by atoms with Gasteiger partial charge in [0.25, 0.3) is 5.91 Å². The van der Waals surface area contributed by atoms with Gasteiger partial charge in [-0.1, -0.05) is 18.2 Å². The summed E-state index contributed by atoms with van der Waals surface area (Å²) in [5.41, 5.74) is 2.77. The first-order valence-electron chi connectivity index (χ1n) is 11.6. The van der Waals surface area contributed by atoms with Gasteiger partial charge >= 0.3 is 5.97 Å². The molecule has 8 nitrogen and oxygen atoms in total. The molecule has 1 heterocycles. The molecular weight excluding hydrogens is 436 g/mol. The van der Waals surface area contributed by atoms with Gasteiger partial charge in [-0.05, 0) is 49.1 Å². The monoisotopic (exact) mass is 466 g/mol. The Kier molecular flexibility index (Phi) is 7.05. The van der Waals surface area contributed by atoms with Crippen molar-refractivity contribution in [3.63, 3.8) is 0 Å². The van der Waals surface area contributed by atoms with Gasteiger partial charge in [0.2, 0.25) is 5.91 Å². The summed E-state index contributed by atoms with van der Waals surface area (Å²) in [6, 6.07) is 10.7. The SMILES string of the molecule is CCOc1cc(C(CCOC(C)=O)N2Cc3cccc(NC(=O)C4CC4)c3C2=O)ccc1OC. The molecule has 2 aliphatic rings. The van der Waals surface area contributed by atoms with Crippen LogP contribution in [-0.4, -0.2) is 43.0 Å². The highest BCUT2D eigenvalue weighted by atomic mass is 16.5. The number of nitrogens with one attached hydrogen (secondary N) is 1. The Balaban J connectivity index is 1.65. The molecule has 1 atom stereocenters. The first kappa shape index (κ1) is 23.6. The van der Waals surface area contributed by atoms with E-state index in [9.17, 15) is 14.4 Å². The summed E-state index contributed by atoms with van der Waals surface area (Å²) in [5, 5.41) is 2.94. The van der Waals surface area contributed by atoms with E-state index < -0.39 is 0 Å². The standard InChI is InChI=1S/C26H30N2O6/c1-4-33-23-14-18(10-11-22(23)32-3)21(12-13-34-16(2)29)28-15-19-6-5-7-20(24(19)26(28)31)27-25(30)17-8-9-17/h5-7,10-11,14,17,21H,4,8-9,12-13,15H2,1-3H3,(H,27,30). The Morgan fingerprint density at radius 3 is 2.65 bits per heavy atom. The molecular formula is C26H30N2O6. The molecule has 1 unspecified atom stereocenters. The number of fused-ring (bicyclic) bond motifs is 1. The van der Waals surface area contributed by atoms with Crippen molar-refractivity contribution < 1.29 is 28.6 Å². The minimum absolute atomic E-state index is 0.0382. The molecule has 0 saturated heterocycles. The zero-order valence-corrected chi connectivity index (χ0v) is 19.8. The number of rotatable bonds is 10. The van der Waals surface area contributed by atoms with Gasteiger partial charge in [0.05, 0.1) is 37.6 Å². The fourth-order valence-corrected chi connectivity index (χ4v) is 4.31. The number of carbonyl (C=O) groups excluding carboxylic acids is 3. The molecule has 4 rings (SSSR count). The molecule has 1 aliphatic carbocycles. The molecule has 180 valence electrons. The van der Waals surface area contributed by atoms with Gasteiger partial charge in [0.1, 0.15) is 0 Å². The van der Waals surface area contributed by atoms with Crippen LogP contribution in [0.5, 0.6) is 11.5 Å². The molecule has 8 heteroatoms. The summed E-state index contributed by atoms with van der Waals surface area (Å²) in [7, 11) is 1.58. The lowest BCUT2D eigenvalue weighted by molar-refractivity contribution is -0.141. The van der Waals surface area contributed by atoms with Crippen molar-refractivity contribution in [1.29, 1.82) is 0 Å². The van der Waals surface area contributed by atoms with Gasteiger partial charge in [0, 0.05) is 25.8 Å². The average Bonchev–Trinajstić information content (AvgIpc) is 3.61. The third-order valence-corrected chi connectivity index (χ3v) is 6.12. The van der Waals surface area contributed by atoms with Crippen LogP contribution in [0.1, 0.15) is 60.6 Å². The molecule has 1 fully saturated rings. The van der Waals surface area contributed by atoms with Crippen LogP contribution in [0, 0.1) is 5.92 Å². The lowest BCUT2D eigenvalue weighted by Gasteiger charge is -2.29. The molecule has 1 saturated carbocycles. The van der Waals surface area contributed by atoms with Crippen LogP contribution in [0.4, 0.5) is 5.69 Å². The van der Waals surface area contributed by atoms with Crippen molar-refractivity contribution in [3.05, 3.63) is 53.1 Å². The second-order valence-electron chi connectivity index (χ2n) is 8.52. The molecule has 0 aromatic heterocycles. The van der Waals surface area contributed by atoms with Crippen molar-refractivity contribution in [3.8, 4) is 11.5 Å². The number of hydrogen-bond donors (Lipinski definition) is 1. The van der Waals surface area contributed by atoms with Crippen molar-refractivity contribution >= 4 is 23.5 Å². The van der Waals surface area contributed by atoms with E-state index >= 15 is 0 Å². The first-order valence-corrected chi connectivity index (χ1v) is 11.6. The van der Waals surface area contributed by atoms with Crippen LogP contribution >= 0.6 is 0 Å². The summed E-state index contributed by atoms with van der Waals surface area (Å²) in [6.07, 6.45) is 2.19. The largest absolute Gasteiger partial charge is 0.493 e. The fraction of sp³-hybridized carbons (Fsp3) is 0.423. The third kappa shape index (κ3) is 5.00. The van der Waals surface area contributed by atoms with Crippen LogP contribution in [0.3, 0.4) is 0 Å². The van der Waals surface area contributed by atoms with Crippen LogP contribution in [0.2, 0.25) is 0 Å². The second-order valence-corrected chi connectivity index (χ2v) is 8.52. The molecule has 0 radical (unpaired) electrons. The van der Waals surface area contributed by atoms with E-state index in [4.69, 9.17) is 14.2 Å². The lowest BCUT2D eigenvalue weighted by Crippen LogP contribution is -2.30. The Bertz CT molecular complexity index is 1090. The predicted octanol–water partition coefficient (Wildman–Crippen LogP) is 4.09.